The van der Waals surface area contributed by atoms with Gasteiger partial charge in [-0.1, -0.05) is 11.8 Å². The number of nitrogens with one attached hydrogen (secondary N) is 1. The molecule has 0 aliphatic carbocycles. The Balaban J connectivity index is 2.06. The van der Waals surface area contributed by atoms with E-state index in [1.807, 2.05) is 6.07 Å². The standard InChI is InChI=1S/C12H8N6S/c13-4-7-3-8(14)1-2-9(7)19-12-10-11(16-5-15-10)17-6-18-12/h1-3,5-6H,14H2,(H,15,16,17,18). The zero-order valence-corrected chi connectivity index (χ0v) is 10.5. The molecule has 7 heteroatoms. The highest BCUT2D eigenvalue weighted by Crippen LogP contribution is 2.32. The van der Waals surface area contributed by atoms with Crippen molar-refractivity contribution in [1.82, 2.24) is 19.9 Å². The van der Waals surface area contributed by atoms with E-state index in [2.05, 4.69) is 26.0 Å². The van der Waals surface area contributed by atoms with Crippen molar-refractivity contribution in [3.63, 3.8) is 0 Å². The molecule has 0 aliphatic heterocycles. The summed E-state index contributed by atoms with van der Waals surface area (Å²) < 4.78 is 0. The van der Waals surface area contributed by atoms with Crippen molar-refractivity contribution in [2.24, 2.45) is 0 Å². The van der Waals surface area contributed by atoms with Crippen molar-refractivity contribution >= 4 is 28.6 Å². The third kappa shape index (κ3) is 2.09. The fourth-order valence-corrected chi connectivity index (χ4v) is 2.56. The van der Waals surface area contributed by atoms with E-state index in [-0.39, 0.29) is 0 Å². The molecule has 0 spiro atoms. The molecule has 0 saturated carbocycles. The predicted octanol–water partition coefficient (Wildman–Crippen LogP) is 1.96. The van der Waals surface area contributed by atoms with Gasteiger partial charge in [-0.05, 0) is 18.2 Å². The Kier molecular flexibility index (Phi) is 2.78. The van der Waals surface area contributed by atoms with E-state index >= 15 is 0 Å². The minimum Gasteiger partial charge on any atom is -0.399 e. The maximum absolute atomic E-state index is 9.12. The Morgan fingerprint density at radius 2 is 2.16 bits per heavy atom. The van der Waals surface area contributed by atoms with Crippen LogP contribution < -0.4 is 5.73 Å². The lowest BCUT2D eigenvalue weighted by Gasteiger charge is -2.04. The predicted molar refractivity (Wildman–Crippen MR) is 71.4 cm³/mol. The number of fused-ring (bicyclic) bond motifs is 1. The maximum Gasteiger partial charge on any atom is 0.181 e. The molecule has 3 rings (SSSR count). The summed E-state index contributed by atoms with van der Waals surface area (Å²) in [6.45, 7) is 0. The molecule has 0 radical (unpaired) electrons. The number of nitriles is 1. The van der Waals surface area contributed by atoms with Crippen LogP contribution in [0.1, 0.15) is 5.56 Å². The number of benzene rings is 1. The van der Waals surface area contributed by atoms with Crippen LogP contribution in [-0.2, 0) is 0 Å². The number of nitrogens with zero attached hydrogens (tertiary/aromatic N) is 4. The van der Waals surface area contributed by atoms with E-state index in [0.29, 0.717) is 16.9 Å². The van der Waals surface area contributed by atoms with Gasteiger partial charge >= 0.3 is 0 Å². The van der Waals surface area contributed by atoms with Crippen molar-refractivity contribution in [3.05, 3.63) is 36.4 Å². The smallest absolute Gasteiger partial charge is 0.181 e. The molecular weight excluding hydrogens is 260 g/mol. The minimum atomic E-state index is 0.524. The lowest BCUT2D eigenvalue weighted by atomic mass is 10.2. The van der Waals surface area contributed by atoms with Crippen LogP contribution in [0.2, 0.25) is 0 Å². The van der Waals surface area contributed by atoms with Crippen LogP contribution in [-0.4, -0.2) is 19.9 Å². The van der Waals surface area contributed by atoms with E-state index < -0.39 is 0 Å². The van der Waals surface area contributed by atoms with Crippen LogP contribution in [0.5, 0.6) is 0 Å². The molecule has 3 N–H and O–H groups in total. The number of imidazole rings is 1. The molecule has 3 aromatic rings. The van der Waals surface area contributed by atoms with Crippen molar-refractivity contribution in [2.75, 3.05) is 5.73 Å². The highest BCUT2D eigenvalue weighted by molar-refractivity contribution is 7.99. The second kappa shape index (κ2) is 4.59. The van der Waals surface area contributed by atoms with Crippen molar-refractivity contribution in [2.45, 2.75) is 9.92 Å². The average molecular weight is 268 g/mol. The summed E-state index contributed by atoms with van der Waals surface area (Å²) in [5.74, 6) is 0. The molecule has 0 atom stereocenters. The zero-order valence-electron chi connectivity index (χ0n) is 9.66. The molecule has 0 unspecified atom stereocenters. The first-order valence-corrected chi connectivity index (χ1v) is 6.21. The van der Waals surface area contributed by atoms with Gasteiger partial charge in [0, 0.05) is 10.6 Å². The molecular formula is C12H8N6S. The van der Waals surface area contributed by atoms with Crippen molar-refractivity contribution in [1.29, 1.82) is 5.26 Å². The lowest BCUT2D eigenvalue weighted by Crippen LogP contribution is -1.90. The highest BCUT2D eigenvalue weighted by Gasteiger charge is 2.10. The number of hydrogen-bond acceptors (Lipinski definition) is 6. The van der Waals surface area contributed by atoms with E-state index in [9.17, 15) is 0 Å². The maximum atomic E-state index is 9.12. The van der Waals surface area contributed by atoms with Crippen LogP contribution in [0, 0.1) is 11.3 Å². The van der Waals surface area contributed by atoms with Crippen LogP contribution in [0.3, 0.4) is 0 Å². The van der Waals surface area contributed by atoms with Gasteiger partial charge < -0.3 is 10.7 Å². The first kappa shape index (κ1) is 11.5. The van der Waals surface area contributed by atoms with E-state index in [1.54, 1.807) is 18.5 Å². The third-order valence-corrected chi connectivity index (χ3v) is 3.60. The molecule has 19 heavy (non-hydrogen) atoms. The van der Waals surface area contributed by atoms with Crippen LogP contribution >= 0.6 is 11.8 Å². The molecule has 0 fully saturated rings. The number of hydrogen-bond donors (Lipinski definition) is 2. The summed E-state index contributed by atoms with van der Waals surface area (Å²) in [6, 6.07) is 7.34. The molecule has 0 amide bonds. The first-order valence-electron chi connectivity index (χ1n) is 5.39. The first-order chi connectivity index (χ1) is 9.28. The summed E-state index contributed by atoms with van der Waals surface area (Å²) in [5, 5.41) is 9.85. The summed E-state index contributed by atoms with van der Waals surface area (Å²) in [4.78, 5) is 16.1. The fourth-order valence-electron chi connectivity index (χ4n) is 1.65. The summed E-state index contributed by atoms with van der Waals surface area (Å²) in [5.41, 5.74) is 8.12. The summed E-state index contributed by atoms with van der Waals surface area (Å²) in [7, 11) is 0. The number of nitrogens with two attached hydrogens (primary N) is 1. The fraction of sp³-hybridized carbons (Fsp3) is 0. The van der Waals surface area contributed by atoms with Crippen LogP contribution in [0.15, 0.2) is 40.8 Å². The van der Waals surface area contributed by atoms with E-state index in [4.69, 9.17) is 11.0 Å². The Hall–Kier alpha value is -2.59. The molecule has 2 heterocycles. The Bertz CT molecular complexity index is 788. The third-order valence-electron chi connectivity index (χ3n) is 2.52. The monoisotopic (exact) mass is 268 g/mol. The van der Waals surface area contributed by atoms with Crippen LogP contribution in [0.4, 0.5) is 5.69 Å². The number of aromatic amines is 1. The largest absolute Gasteiger partial charge is 0.399 e. The topological polar surface area (TPSA) is 104 Å². The van der Waals surface area contributed by atoms with Crippen molar-refractivity contribution < 1.29 is 0 Å². The van der Waals surface area contributed by atoms with Gasteiger partial charge in [0.1, 0.15) is 22.9 Å². The lowest BCUT2D eigenvalue weighted by molar-refractivity contribution is 1.08. The van der Waals surface area contributed by atoms with Crippen LogP contribution in [0.25, 0.3) is 11.2 Å². The normalized spacial score (nSPS) is 10.5. The van der Waals surface area contributed by atoms with Gasteiger partial charge in [0.05, 0.1) is 11.9 Å². The van der Waals surface area contributed by atoms with E-state index in [0.717, 1.165) is 15.4 Å². The highest BCUT2D eigenvalue weighted by atomic mass is 32.2. The molecule has 92 valence electrons. The molecule has 1 aromatic carbocycles. The number of rotatable bonds is 2. The Labute approximate surface area is 112 Å². The molecule has 6 nitrogen and oxygen atoms in total. The number of nitrogen functional groups attached to an aromatic ring is 1. The second-order valence-electron chi connectivity index (χ2n) is 3.75. The van der Waals surface area contributed by atoms with Gasteiger partial charge in [0.15, 0.2) is 5.65 Å². The SMILES string of the molecule is N#Cc1cc(N)ccc1Sc1ncnc2nc[nH]c12. The van der Waals surface area contributed by atoms with Gasteiger partial charge in [-0.15, -0.1) is 0 Å². The Morgan fingerprint density at radius 1 is 1.26 bits per heavy atom. The minimum absolute atomic E-state index is 0.524. The number of H-pyrrole nitrogens is 1. The van der Waals surface area contributed by atoms with Gasteiger partial charge in [0.2, 0.25) is 0 Å². The van der Waals surface area contributed by atoms with Gasteiger partial charge in [0.25, 0.3) is 0 Å². The summed E-state index contributed by atoms with van der Waals surface area (Å²) >= 11 is 1.38. The van der Waals surface area contributed by atoms with E-state index in [1.165, 1.54) is 18.1 Å². The second-order valence-corrected chi connectivity index (χ2v) is 4.78. The number of aromatic nitrogens is 4. The van der Waals surface area contributed by atoms with Crippen molar-refractivity contribution in [3.8, 4) is 6.07 Å². The molecule has 0 bridgehead atoms. The average Bonchev–Trinajstić information content (AvgIpc) is 2.90. The molecule has 0 aliphatic rings. The van der Waals surface area contributed by atoms with Gasteiger partial charge in [-0.3, -0.25) is 0 Å². The number of anilines is 1. The van der Waals surface area contributed by atoms with Gasteiger partial charge in [-0.25, -0.2) is 15.0 Å². The molecule has 0 saturated heterocycles. The van der Waals surface area contributed by atoms with Gasteiger partial charge in [-0.2, -0.15) is 5.26 Å². The Morgan fingerprint density at radius 3 is 3.00 bits per heavy atom. The zero-order chi connectivity index (χ0) is 13.2. The molecule has 2 aromatic heterocycles. The summed E-state index contributed by atoms with van der Waals surface area (Å²) in [6.07, 6.45) is 3.02. The quantitative estimate of drug-likeness (QED) is 0.543.